The van der Waals surface area contributed by atoms with Gasteiger partial charge < -0.3 is 91.2 Å². The fourth-order valence-corrected chi connectivity index (χ4v) is 5.00. The van der Waals surface area contributed by atoms with Gasteiger partial charge in [0.1, 0.15) is 5.92 Å². The summed E-state index contributed by atoms with van der Waals surface area (Å²) in [4.78, 5) is 12.2. The van der Waals surface area contributed by atoms with E-state index >= 15 is 0 Å². The number of benzene rings is 1. The number of carbonyl (C=O) groups is 1. The van der Waals surface area contributed by atoms with Crippen molar-refractivity contribution in [3.63, 3.8) is 0 Å². The molecule has 0 bridgehead atoms. The molecule has 20 nitrogen and oxygen atoms in total. The average Bonchev–Trinajstić information content (AvgIpc) is 2.73. The van der Waals surface area contributed by atoms with Crippen LogP contribution in [0.5, 0.6) is 11.5 Å². The number of fused-ring (bicyclic) bond motifs is 3. The zero-order valence-corrected chi connectivity index (χ0v) is 19.8. The lowest BCUT2D eigenvalue weighted by atomic mass is 9.68. The third-order valence-electron chi connectivity index (χ3n) is 6.85. The van der Waals surface area contributed by atoms with Crippen molar-refractivity contribution in [2.45, 2.75) is 53.1 Å². The maximum atomic E-state index is 13.1. The van der Waals surface area contributed by atoms with Crippen molar-refractivity contribution in [1.29, 1.82) is 0 Å². The van der Waals surface area contributed by atoms with Gasteiger partial charge in [-0.25, -0.2) is 0 Å². The first-order valence-corrected chi connectivity index (χ1v) is 10.4. The SMILES string of the molecule is COc1cc2c(cc1OC)C(O)(O)C(O)(O)N1C2(O)CC(=O)C(C(O)(O)C(O)(C(O)(O)O)C(O)(O)O)C1(O)O. The van der Waals surface area contributed by atoms with Crippen molar-refractivity contribution < 1.29 is 96.0 Å². The van der Waals surface area contributed by atoms with E-state index < -0.39 is 80.8 Å². The molecule has 2 atom stereocenters. The second kappa shape index (κ2) is 8.41. The largest absolute Gasteiger partial charge is 0.493 e. The Hall–Kier alpha value is -2.19. The normalized spacial score (nSPS) is 27.0. The molecule has 1 aromatic rings. The standard InChI is InChI=1S/C19H27NO19/c1-38-9-3-6-7(4-10(9)39-2)13(23,24)17(30,31)20-12(6,22)5-8(21)11(15(20,27)28)14(25,26)16(29,18(32,33)34)19(35,36)37/h3-4,11,22-37H,5H2,1-2H3. The van der Waals surface area contributed by atoms with Crippen LogP contribution in [0, 0.1) is 5.92 Å². The van der Waals surface area contributed by atoms with Gasteiger partial charge in [0, 0.05) is 11.1 Å². The van der Waals surface area contributed by atoms with E-state index in [2.05, 4.69) is 0 Å². The summed E-state index contributed by atoms with van der Waals surface area (Å²) < 4.78 is 9.94. The lowest BCUT2D eigenvalue weighted by Gasteiger charge is -2.63. The van der Waals surface area contributed by atoms with E-state index in [4.69, 9.17) is 9.47 Å². The fourth-order valence-electron chi connectivity index (χ4n) is 5.00. The lowest BCUT2D eigenvalue weighted by molar-refractivity contribution is -0.567. The van der Waals surface area contributed by atoms with E-state index in [-0.39, 0.29) is 11.5 Å². The Morgan fingerprint density at radius 3 is 1.56 bits per heavy atom. The van der Waals surface area contributed by atoms with Gasteiger partial charge in [-0.05, 0) is 12.1 Å². The van der Waals surface area contributed by atoms with Gasteiger partial charge in [-0.3, -0.25) is 4.79 Å². The van der Waals surface area contributed by atoms with E-state index in [1.165, 1.54) is 0 Å². The molecule has 2 aliphatic rings. The Kier molecular flexibility index (Phi) is 6.76. The van der Waals surface area contributed by atoms with Gasteiger partial charge in [-0.1, -0.05) is 0 Å². The number of hydrogen-bond donors (Lipinski definition) is 16. The highest BCUT2D eigenvalue weighted by Crippen LogP contribution is 2.59. The molecule has 2 unspecified atom stereocenters. The van der Waals surface area contributed by atoms with Crippen LogP contribution in [0.3, 0.4) is 0 Å². The summed E-state index contributed by atoms with van der Waals surface area (Å²) in [7, 11) is 2.11. The highest BCUT2D eigenvalue weighted by molar-refractivity contribution is 5.85. The maximum absolute atomic E-state index is 13.1. The topological polar surface area (TPSA) is 362 Å². The molecule has 0 aliphatic carbocycles. The molecular weight excluding hydrogens is 546 g/mol. The number of hydrogen-bond acceptors (Lipinski definition) is 20. The molecule has 16 N–H and O–H groups in total. The van der Waals surface area contributed by atoms with Gasteiger partial charge in [-0.2, -0.15) is 4.90 Å². The van der Waals surface area contributed by atoms with Gasteiger partial charge in [0.15, 0.2) is 23.0 Å². The van der Waals surface area contributed by atoms with E-state index in [1.807, 2.05) is 0 Å². The number of Topliss-reactive ketones (excluding diaryl/α,β-unsaturated/α-hetero) is 1. The van der Waals surface area contributed by atoms with Gasteiger partial charge in [-0.15, -0.1) is 0 Å². The van der Waals surface area contributed by atoms with Crippen LogP contribution in [0.1, 0.15) is 17.5 Å². The van der Waals surface area contributed by atoms with Crippen molar-refractivity contribution in [3.8, 4) is 11.5 Å². The predicted molar refractivity (Wildman–Crippen MR) is 110 cm³/mol. The Morgan fingerprint density at radius 1 is 0.769 bits per heavy atom. The quantitative estimate of drug-likeness (QED) is 0.140. The van der Waals surface area contributed by atoms with E-state index in [1.54, 1.807) is 0 Å². The predicted octanol–water partition coefficient (Wildman–Crippen LogP) is -9.16. The van der Waals surface area contributed by atoms with Crippen LogP contribution in [-0.4, -0.2) is 142 Å². The second-order valence-electron chi connectivity index (χ2n) is 9.18. The smallest absolute Gasteiger partial charge is 0.320 e. The third-order valence-corrected chi connectivity index (χ3v) is 6.85. The summed E-state index contributed by atoms with van der Waals surface area (Å²) >= 11 is 0. The number of ether oxygens (including phenoxy) is 2. The minimum absolute atomic E-state index is 0.319. The Bertz CT molecular complexity index is 1150. The zero-order chi connectivity index (χ0) is 30.6. The van der Waals surface area contributed by atoms with Crippen molar-refractivity contribution in [2.75, 3.05) is 14.2 Å². The first kappa shape index (κ1) is 31.3. The molecule has 1 fully saturated rings. The molecular formula is C19H27NO19. The first-order valence-electron chi connectivity index (χ1n) is 10.4. The van der Waals surface area contributed by atoms with Gasteiger partial charge in [0.05, 0.1) is 20.6 Å². The van der Waals surface area contributed by atoms with Crippen LogP contribution in [0.25, 0.3) is 0 Å². The van der Waals surface area contributed by atoms with Crippen molar-refractivity contribution >= 4 is 5.78 Å². The van der Waals surface area contributed by atoms with Gasteiger partial charge in [0.2, 0.25) is 11.7 Å². The van der Waals surface area contributed by atoms with Crippen LogP contribution in [0.2, 0.25) is 0 Å². The second-order valence-corrected chi connectivity index (χ2v) is 9.18. The third kappa shape index (κ3) is 3.73. The summed E-state index contributed by atoms with van der Waals surface area (Å²) in [5, 5.41) is 164. The summed E-state index contributed by atoms with van der Waals surface area (Å²) in [6.07, 6.45) is -1.76. The number of piperidine rings is 1. The summed E-state index contributed by atoms with van der Waals surface area (Å²) in [6.45, 7) is 0. The Morgan fingerprint density at radius 2 is 1.18 bits per heavy atom. The van der Waals surface area contributed by atoms with Crippen LogP contribution in [0.4, 0.5) is 0 Å². The van der Waals surface area contributed by atoms with Gasteiger partial charge >= 0.3 is 11.9 Å². The molecule has 0 saturated carbocycles. The summed E-state index contributed by atoms with van der Waals surface area (Å²) in [5.41, 5.74) is -10.8. The van der Waals surface area contributed by atoms with Crippen LogP contribution in [-0.2, 0) is 16.3 Å². The summed E-state index contributed by atoms with van der Waals surface area (Å²) in [5.74, 6) is -35.8. The molecule has 0 aromatic heterocycles. The fraction of sp³-hybridized carbons (Fsp3) is 0.632. The molecule has 1 saturated heterocycles. The van der Waals surface area contributed by atoms with Crippen LogP contribution in [0.15, 0.2) is 12.1 Å². The molecule has 2 heterocycles. The van der Waals surface area contributed by atoms with E-state index in [0.29, 0.717) is 12.1 Å². The highest BCUT2D eigenvalue weighted by Gasteiger charge is 2.83. The Balaban J connectivity index is 2.40. The van der Waals surface area contributed by atoms with Crippen molar-refractivity contribution in [3.05, 3.63) is 23.3 Å². The average molecular weight is 573 g/mol. The molecule has 20 heteroatoms. The maximum Gasteiger partial charge on any atom is 0.320 e. The number of aliphatic hydroxyl groups is 16. The lowest BCUT2D eigenvalue weighted by Crippen LogP contribution is -2.88. The number of rotatable bonds is 6. The van der Waals surface area contributed by atoms with E-state index in [9.17, 15) is 86.5 Å². The van der Waals surface area contributed by atoms with Crippen LogP contribution >= 0.6 is 0 Å². The van der Waals surface area contributed by atoms with Crippen LogP contribution < -0.4 is 9.47 Å². The molecule has 2 aliphatic heterocycles. The minimum atomic E-state index is -5.38. The zero-order valence-electron chi connectivity index (χ0n) is 19.8. The molecule has 1 aromatic carbocycles. The first-order chi connectivity index (χ1) is 17.2. The van der Waals surface area contributed by atoms with Crippen molar-refractivity contribution in [2.24, 2.45) is 5.92 Å². The Labute approximate surface area is 215 Å². The molecule has 222 valence electrons. The molecule has 0 radical (unpaired) electrons. The molecule has 0 spiro atoms. The number of nitrogens with zero attached hydrogens (tertiary/aromatic N) is 1. The van der Waals surface area contributed by atoms with E-state index in [0.717, 1.165) is 14.2 Å². The minimum Gasteiger partial charge on any atom is -0.493 e. The number of methoxy groups -OCH3 is 2. The molecule has 3 rings (SSSR count). The summed E-state index contributed by atoms with van der Waals surface area (Å²) in [6, 6.07) is 1.39. The number of ketones is 1. The molecule has 39 heavy (non-hydrogen) atoms. The highest BCUT2D eigenvalue weighted by atomic mass is 16.8. The number of carbonyl (C=O) groups excluding carboxylic acids is 1. The van der Waals surface area contributed by atoms with Gasteiger partial charge in [0.25, 0.3) is 17.3 Å². The van der Waals surface area contributed by atoms with Crippen molar-refractivity contribution in [1.82, 2.24) is 4.90 Å². The molecule has 0 amide bonds. The monoisotopic (exact) mass is 573 g/mol.